The summed E-state index contributed by atoms with van der Waals surface area (Å²) in [6.07, 6.45) is 1.73. The molecule has 1 aliphatic heterocycles. The molecule has 72 valence electrons. The molecular formula is C9H15N3O. The van der Waals surface area contributed by atoms with Crippen LogP contribution < -0.4 is 0 Å². The van der Waals surface area contributed by atoms with E-state index < -0.39 is 0 Å². The summed E-state index contributed by atoms with van der Waals surface area (Å²) in [4.78, 5) is 0. The average Bonchev–Trinajstić information content (AvgIpc) is 2.48. The number of ether oxygens (including phenoxy) is 1. The summed E-state index contributed by atoms with van der Waals surface area (Å²) in [6, 6.07) is 0. The Bertz CT molecular complexity index is 300. The van der Waals surface area contributed by atoms with Crippen molar-refractivity contribution in [2.24, 2.45) is 5.41 Å². The van der Waals surface area contributed by atoms with E-state index in [2.05, 4.69) is 31.0 Å². The summed E-state index contributed by atoms with van der Waals surface area (Å²) in [6.45, 7) is 7.94. The van der Waals surface area contributed by atoms with Crippen LogP contribution in [0.5, 0.6) is 0 Å². The molecule has 0 bridgehead atoms. The van der Waals surface area contributed by atoms with E-state index >= 15 is 0 Å². The summed E-state index contributed by atoms with van der Waals surface area (Å²) in [5, 5.41) is 8.04. The van der Waals surface area contributed by atoms with Crippen molar-refractivity contribution >= 4 is 0 Å². The van der Waals surface area contributed by atoms with Crippen molar-refractivity contribution < 1.29 is 4.74 Å². The van der Waals surface area contributed by atoms with Gasteiger partial charge in [0.15, 0.2) is 0 Å². The maximum atomic E-state index is 5.48. The molecule has 0 spiro atoms. The van der Waals surface area contributed by atoms with Gasteiger partial charge in [0.25, 0.3) is 0 Å². The molecule has 0 fully saturated rings. The minimum Gasteiger partial charge on any atom is -0.360 e. The second-order valence-corrected chi connectivity index (χ2v) is 4.58. The molecule has 0 aliphatic carbocycles. The standard InChI is InChI=1S/C9H15N3O/c1-9(2,3)7-4-13-6-12-5-10-11-8(7)12/h5,7H,4,6H2,1-3H3. The number of rotatable bonds is 0. The first-order valence-corrected chi connectivity index (χ1v) is 4.54. The predicted molar refractivity (Wildman–Crippen MR) is 48.2 cm³/mol. The van der Waals surface area contributed by atoms with Crippen LogP contribution in [0.4, 0.5) is 0 Å². The fourth-order valence-electron chi connectivity index (χ4n) is 1.61. The minimum absolute atomic E-state index is 0.186. The van der Waals surface area contributed by atoms with Crippen molar-refractivity contribution in [2.75, 3.05) is 6.61 Å². The van der Waals surface area contributed by atoms with E-state index in [0.29, 0.717) is 12.6 Å². The average molecular weight is 181 g/mol. The number of nitrogens with zero attached hydrogens (tertiary/aromatic N) is 3. The van der Waals surface area contributed by atoms with Gasteiger partial charge in [0, 0.05) is 5.92 Å². The number of hydrogen-bond acceptors (Lipinski definition) is 3. The van der Waals surface area contributed by atoms with Crippen molar-refractivity contribution in [3.63, 3.8) is 0 Å². The highest BCUT2D eigenvalue weighted by atomic mass is 16.5. The van der Waals surface area contributed by atoms with Gasteiger partial charge in [-0.3, -0.25) is 4.57 Å². The van der Waals surface area contributed by atoms with E-state index in [1.54, 1.807) is 6.33 Å². The molecule has 1 atom stereocenters. The number of aromatic nitrogens is 3. The lowest BCUT2D eigenvalue weighted by Crippen LogP contribution is -2.30. The summed E-state index contributed by atoms with van der Waals surface area (Å²) < 4.78 is 7.45. The minimum atomic E-state index is 0.186. The molecule has 0 saturated carbocycles. The molecule has 2 heterocycles. The van der Waals surface area contributed by atoms with Gasteiger partial charge >= 0.3 is 0 Å². The topological polar surface area (TPSA) is 39.9 Å². The highest BCUT2D eigenvalue weighted by Gasteiger charge is 2.32. The quantitative estimate of drug-likeness (QED) is 0.607. The van der Waals surface area contributed by atoms with Gasteiger partial charge in [-0.25, -0.2) is 0 Å². The number of fused-ring (bicyclic) bond motifs is 1. The van der Waals surface area contributed by atoms with Crippen molar-refractivity contribution in [1.29, 1.82) is 0 Å². The molecular weight excluding hydrogens is 166 g/mol. The Balaban J connectivity index is 2.35. The molecule has 0 aromatic carbocycles. The van der Waals surface area contributed by atoms with Gasteiger partial charge in [-0.1, -0.05) is 20.8 Å². The Kier molecular flexibility index (Phi) is 1.87. The molecule has 4 nitrogen and oxygen atoms in total. The monoisotopic (exact) mass is 181 g/mol. The molecule has 2 rings (SSSR count). The van der Waals surface area contributed by atoms with Gasteiger partial charge in [0.1, 0.15) is 18.9 Å². The lowest BCUT2D eigenvalue weighted by molar-refractivity contribution is 0.0115. The first-order chi connectivity index (χ1) is 6.09. The van der Waals surface area contributed by atoms with Crippen LogP contribution in [0.3, 0.4) is 0 Å². The first kappa shape index (κ1) is 8.69. The van der Waals surface area contributed by atoms with Crippen LogP contribution in [0.1, 0.15) is 32.5 Å². The molecule has 13 heavy (non-hydrogen) atoms. The van der Waals surface area contributed by atoms with Gasteiger partial charge in [-0.2, -0.15) is 0 Å². The van der Waals surface area contributed by atoms with Crippen molar-refractivity contribution in [2.45, 2.75) is 33.4 Å². The maximum absolute atomic E-state index is 5.48. The molecule has 0 amide bonds. The van der Waals surface area contributed by atoms with Crippen LogP contribution in [0.15, 0.2) is 6.33 Å². The SMILES string of the molecule is CC(C)(C)C1COCn2cnnc21. The zero-order valence-electron chi connectivity index (χ0n) is 8.32. The van der Waals surface area contributed by atoms with Gasteiger partial charge < -0.3 is 4.74 Å². The third-order valence-electron chi connectivity index (χ3n) is 2.52. The van der Waals surface area contributed by atoms with Crippen LogP contribution in [-0.4, -0.2) is 21.4 Å². The third kappa shape index (κ3) is 1.46. The van der Waals surface area contributed by atoms with Crippen molar-refractivity contribution in [3.8, 4) is 0 Å². The fourth-order valence-corrected chi connectivity index (χ4v) is 1.61. The molecule has 0 saturated heterocycles. The lowest BCUT2D eigenvalue weighted by atomic mass is 9.80. The van der Waals surface area contributed by atoms with E-state index in [0.717, 1.165) is 12.4 Å². The molecule has 1 aromatic rings. The Morgan fingerprint density at radius 3 is 3.00 bits per heavy atom. The van der Waals surface area contributed by atoms with Crippen LogP contribution in [-0.2, 0) is 11.5 Å². The largest absolute Gasteiger partial charge is 0.360 e. The van der Waals surface area contributed by atoms with Gasteiger partial charge in [0.2, 0.25) is 0 Å². The third-order valence-corrected chi connectivity index (χ3v) is 2.52. The van der Waals surface area contributed by atoms with Gasteiger partial charge in [0.05, 0.1) is 6.61 Å². The van der Waals surface area contributed by atoms with Gasteiger partial charge in [-0.15, -0.1) is 10.2 Å². The first-order valence-electron chi connectivity index (χ1n) is 4.54. The van der Waals surface area contributed by atoms with Crippen LogP contribution in [0.2, 0.25) is 0 Å². The Morgan fingerprint density at radius 1 is 1.54 bits per heavy atom. The smallest absolute Gasteiger partial charge is 0.140 e. The number of hydrogen-bond donors (Lipinski definition) is 0. The Morgan fingerprint density at radius 2 is 2.31 bits per heavy atom. The normalized spacial score (nSPS) is 22.8. The summed E-state index contributed by atoms with van der Waals surface area (Å²) >= 11 is 0. The van der Waals surface area contributed by atoms with E-state index in [4.69, 9.17) is 4.74 Å². The second kappa shape index (κ2) is 2.80. The van der Waals surface area contributed by atoms with Crippen LogP contribution in [0.25, 0.3) is 0 Å². The molecule has 1 aromatic heterocycles. The van der Waals surface area contributed by atoms with Crippen LogP contribution in [0, 0.1) is 5.41 Å². The Labute approximate surface area is 77.9 Å². The maximum Gasteiger partial charge on any atom is 0.140 e. The highest BCUT2D eigenvalue weighted by Crippen LogP contribution is 2.35. The fraction of sp³-hybridized carbons (Fsp3) is 0.778. The van der Waals surface area contributed by atoms with E-state index in [9.17, 15) is 0 Å². The highest BCUT2D eigenvalue weighted by molar-refractivity contribution is 5.03. The Hall–Kier alpha value is -0.900. The molecule has 1 unspecified atom stereocenters. The zero-order valence-corrected chi connectivity index (χ0v) is 8.32. The molecule has 4 heteroatoms. The summed E-state index contributed by atoms with van der Waals surface area (Å²) in [7, 11) is 0. The lowest BCUT2D eigenvalue weighted by Gasteiger charge is -2.32. The predicted octanol–water partition coefficient (Wildman–Crippen LogP) is 1.40. The van der Waals surface area contributed by atoms with Crippen molar-refractivity contribution in [1.82, 2.24) is 14.8 Å². The summed E-state index contributed by atoms with van der Waals surface area (Å²) in [5.74, 6) is 1.41. The summed E-state index contributed by atoms with van der Waals surface area (Å²) in [5.41, 5.74) is 0.186. The van der Waals surface area contributed by atoms with E-state index in [1.165, 1.54) is 0 Å². The second-order valence-electron chi connectivity index (χ2n) is 4.58. The van der Waals surface area contributed by atoms with Crippen molar-refractivity contribution in [3.05, 3.63) is 12.2 Å². The molecule has 0 N–H and O–H groups in total. The van der Waals surface area contributed by atoms with Crippen LogP contribution >= 0.6 is 0 Å². The molecule has 0 radical (unpaired) electrons. The molecule has 1 aliphatic rings. The van der Waals surface area contributed by atoms with E-state index in [-0.39, 0.29) is 5.41 Å². The zero-order chi connectivity index (χ0) is 9.47. The van der Waals surface area contributed by atoms with Gasteiger partial charge in [-0.05, 0) is 5.41 Å². The van der Waals surface area contributed by atoms with E-state index in [1.807, 2.05) is 4.57 Å².